The number of carbonyl (C=O) groups excluding carboxylic acids is 2. The molecule has 3 unspecified atom stereocenters. The van der Waals surface area contributed by atoms with Gasteiger partial charge in [-0.05, 0) is 69.0 Å². The molecular weight excluding hydrogens is 378 g/mol. The number of nitrogens with zero attached hydrogens (tertiary/aromatic N) is 3. The average Bonchev–Trinajstić information content (AvgIpc) is 3.41. The van der Waals surface area contributed by atoms with Gasteiger partial charge in [0.05, 0.1) is 24.8 Å². The van der Waals surface area contributed by atoms with E-state index in [9.17, 15) is 9.59 Å². The molecule has 1 spiro atoms. The zero-order valence-electron chi connectivity index (χ0n) is 17.5. The number of hydrogen-bond donors (Lipinski definition) is 0. The molecule has 0 radical (unpaired) electrons. The minimum absolute atomic E-state index is 0.0000651. The van der Waals surface area contributed by atoms with Gasteiger partial charge in [-0.25, -0.2) is 0 Å². The molecule has 3 aliphatic rings. The molecule has 0 aliphatic carbocycles. The lowest BCUT2D eigenvalue weighted by Crippen LogP contribution is -2.45. The number of hydrogen-bond acceptors (Lipinski definition) is 4. The largest absolute Gasteiger partial charge is 0.497 e. The molecule has 156 valence electrons. The Bertz CT molecular complexity index is 989. The first kappa shape index (κ1) is 19.1. The maximum absolute atomic E-state index is 13.5. The lowest BCUT2D eigenvalue weighted by atomic mass is 9.72. The van der Waals surface area contributed by atoms with Crippen LogP contribution in [0.15, 0.2) is 42.5 Å². The third-order valence-electron chi connectivity index (χ3n) is 7.15. The maximum atomic E-state index is 13.5. The molecule has 2 amide bonds. The Balaban J connectivity index is 1.36. The van der Waals surface area contributed by atoms with Crippen LogP contribution in [0.3, 0.4) is 0 Å². The van der Waals surface area contributed by atoms with Crippen LogP contribution in [0.1, 0.15) is 47.4 Å². The summed E-state index contributed by atoms with van der Waals surface area (Å²) in [4.78, 5) is 35.4. The summed E-state index contributed by atoms with van der Waals surface area (Å²) in [6, 6.07) is 13.4. The van der Waals surface area contributed by atoms with Crippen molar-refractivity contribution in [3.05, 3.63) is 59.4 Å². The second kappa shape index (κ2) is 7.11. The molecule has 2 aromatic rings. The first-order chi connectivity index (χ1) is 14.5. The highest BCUT2D eigenvalue weighted by Gasteiger charge is 2.63. The van der Waals surface area contributed by atoms with Crippen LogP contribution in [-0.4, -0.2) is 52.3 Å². The van der Waals surface area contributed by atoms with E-state index in [0.29, 0.717) is 12.1 Å². The van der Waals surface area contributed by atoms with Crippen LogP contribution >= 0.6 is 0 Å². The molecule has 2 bridgehead atoms. The summed E-state index contributed by atoms with van der Waals surface area (Å²) in [6.45, 7) is 3.25. The van der Waals surface area contributed by atoms with E-state index in [1.54, 1.807) is 7.11 Å². The number of benzene rings is 1. The molecule has 6 nitrogen and oxygen atoms in total. The maximum Gasteiger partial charge on any atom is 0.254 e. The van der Waals surface area contributed by atoms with E-state index in [2.05, 4.69) is 4.98 Å². The van der Waals surface area contributed by atoms with E-state index in [-0.39, 0.29) is 23.9 Å². The zero-order valence-corrected chi connectivity index (χ0v) is 17.5. The monoisotopic (exact) mass is 405 g/mol. The Morgan fingerprint density at radius 3 is 2.73 bits per heavy atom. The molecule has 0 N–H and O–H groups in total. The number of amides is 2. The number of ether oxygens (including phenoxy) is 1. The molecule has 0 saturated carbocycles. The Hall–Kier alpha value is -2.89. The van der Waals surface area contributed by atoms with Crippen LogP contribution < -0.4 is 4.74 Å². The molecule has 30 heavy (non-hydrogen) atoms. The molecular formula is C24H27N3O3. The topological polar surface area (TPSA) is 62.7 Å². The van der Waals surface area contributed by atoms with Gasteiger partial charge in [0, 0.05) is 29.9 Å². The molecule has 3 atom stereocenters. The Morgan fingerprint density at radius 2 is 2.00 bits per heavy atom. The summed E-state index contributed by atoms with van der Waals surface area (Å²) in [7, 11) is 1.62. The highest BCUT2D eigenvalue weighted by Crippen LogP contribution is 2.55. The van der Waals surface area contributed by atoms with Gasteiger partial charge in [-0.1, -0.05) is 6.07 Å². The van der Waals surface area contributed by atoms with E-state index < -0.39 is 5.41 Å². The van der Waals surface area contributed by atoms with Gasteiger partial charge in [-0.3, -0.25) is 14.6 Å². The van der Waals surface area contributed by atoms with E-state index in [4.69, 9.17) is 4.74 Å². The van der Waals surface area contributed by atoms with Crippen LogP contribution in [-0.2, 0) is 11.3 Å². The van der Waals surface area contributed by atoms with Gasteiger partial charge in [-0.15, -0.1) is 0 Å². The van der Waals surface area contributed by atoms with Gasteiger partial charge in [0.25, 0.3) is 5.91 Å². The molecule has 3 saturated heterocycles. The van der Waals surface area contributed by atoms with Crippen molar-refractivity contribution in [2.24, 2.45) is 5.41 Å². The summed E-state index contributed by atoms with van der Waals surface area (Å²) in [6.07, 6.45) is 3.51. The summed E-state index contributed by atoms with van der Waals surface area (Å²) in [5, 5.41) is 0. The molecule has 3 aliphatic heterocycles. The van der Waals surface area contributed by atoms with Crippen LogP contribution in [0.5, 0.6) is 5.75 Å². The Morgan fingerprint density at radius 1 is 1.20 bits per heavy atom. The zero-order chi connectivity index (χ0) is 20.9. The number of carbonyl (C=O) groups is 2. The first-order valence-corrected chi connectivity index (χ1v) is 10.7. The van der Waals surface area contributed by atoms with Crippen LogP contribution in [0, 0.1) is 12.3 Å². The predicted octanol–water partition coefficient (Wildman–Crippen LogP) is 3.19. The van der Waals surface area contributed by atoms with Crippen molar-refractivity contribution in [3.8, 4) is 5.75 Å². The summed E-state index contributed by atoms with van der Waals surface area (Å²) in [5.74, 6) is 0.970. The summed E-state index contributed by atoms with van der Waals surface area (Å²) in [5.41, 5.74) is 2.13. The van der Waals surface area contributed by atoms with E-state index in [1.807, 2.05) is 59.2 Å². The van der Waals surface area contributed by atoms with Crippen molar-refractivity contribution < 1.29 is 14.3 Å². The number of methoxy groups -OCH3 is 1. The fourth-order valence-corrected chi connectivity index (χ4v) is 5.76. The van der Waals surface area contributed by atoms with Crippen molar-refractivity contribution in [2.45, 2.75) is 51.2 Å². The normalized spacial score (nSPS) is 27.3. The number of aryl methyl sites for hydroxylation is 1. The Labute approximate surface area is 176 Å². The van der Waals surface area contributed by atoms with Gasteiger partial charge in [-0.2, -0.15) is 0 Å². The number of pyridine rings is 1. The standard InChI is InChI=1S/C24H27N3O3/c1-16-4-3-5-18(25-16)15-26-13-12-24(23(26)29)14-19-8-11-21(24)27(19)22(28)17-6-9-20(30-2)10-7-17/h3-7,9-10,19,21H,8,11-15H2,1-2H3. The van der Waals surface area contributed by atoms with Gasteiger partial charge in [0.1, 0.15) is 5.75 Å². The van der Waals surface area contributed by atoms with Crippen molar-refractivity contribution >= 4 is 11.8 Å². The smallest absolute Gasteiger partial charge is 0.254 e. The third kappa shape index (κ3) is 2.89. The van der Waals surface area contributed by atoms with Gasteiger partial charge in [0.2, 0.25) is 5.91 Å². The van der Waals surface area contributed by atoms with Crippen molar-refractivity contribution in [2.75, 3.05) is 13.7 Å². The van der Waals surface area contributed by atoms with Gasteiger partial charge in [0.15, 0.2) is 0 Å². The SMILES string of the molecule is COc1ccc(C(=O)N2C3CCC2C2(CCN(Cc4cccc(C)n4)C2=O)C3)cc1. The average molecular weight is 405 g/mol. The first-order valence-electron chi connectivity index (χ1n) is 10.7. The van der Waals surface area contributed by atoms with E-state index in [0.717, 1.165) is 49.4 Å². The lowest BCUT2D eigenvalue weighted by Gasteiger charge is -2.32. The number of aromatic nitrogens is 1. The second-order valence-corrected chi connectivity index (χ2v) is 8.80. The number of fused-ring (bicyclic) bond motifs is 3. The van der Waals surface area contributed by atoms with Crippen LogP contribution in [0.25, 0.3) is 0 Å². The second-order valence-electron chi connectivity index (χ2n) is 8.80. The fraction of sp³-hybridized carbons (Fsp3) is 0.458. The van der Waals surface area contributed by atoms with Gasteiger partial charge >= 0.3 is 0 Å². The minimum atomic E-state index is -0.422. The van der Waals surface area contributed by atoms with Crippen molar-refractivity contribution in [3.63, 3.8) is 0 Å². The highest BCUT2D eigenvalue weighted by molar-refractivity contribution is 5.97. The summed E-state index contributed by atoms with van der Waals surface area (Å²) >= 11 is 0. The van der Waals surface area contributed by atoms with E-state index >= 15 is 0 Å². The van der Waals surface area contributed by atoms with Crippen molar-refractivity contribution in [1.82, 2.24) is 14.8 Å². The van der Waals surface area contributed by atoms with Gasteiger partial charge < -0.3 is 14.5 Å². The number of likely N-dealkylation sites (tertiary alicyclic amines) is 1. The third-order valence-corrected chi connectivity index (χ3v) is 7.15. The van der Waals surface area contributed by atoms with Crippen LogP contribution in [0.4, 0.5) is 0 Å². The van der Waals surface area contributed by atoms with E-state index in [1.165, 1.54) is 0 Å². The minimum Gasteiger partial charge on any atom is -0.497 e. The number of rotatable bonds is 4. The molecule has 4 heterocycles. The Kier molecular flexibility index (Phi) is 4.53. The van der Waals surface area contributed by atoms with Crippen molar-refractivity contribution in [1.29, 1.82) is 0 Å². The summed E-state index contributed by atoms with van der Waals surface area (Å²) < 4.78 is 5.21. The lowest BCUT2D eigenvalue weighted by molar-refractivity contribution is -0.137. The quantitative estimate of drug-likeness (QED) is 0.784. The molecule has 1 aromatic heterocycles. The molecule has 3 fully saturated rings. The highest BCUT2D eigenvalue weighted by atomic mass is 16.5. The molecule has 1 aromatic carbocycles. The fourth-order valence-electron chi connectivity index (χ4n) is 5.76. The predicted molar refractivity (Wildman–Crippen MR) is 112 cm³/mol. The van der Waals surface area contributed by atoms with Crippen LogP contribution in [0.2, 0.25) is 0 Å². The molecule has 5 rings (SSSR count). The molecule has 6 heteroatoms.